The van der Waals surface area contributed by atoms with Crippen LogP contribution in [0.5, 0.6) is 0 Å². The number of nitrogens with zero attached hydrogens (tertiary/aromatic N) is 3. The van der Waals surface area contributed by atoms with Crippen molar-refractivity contribution in [3.8, 4) is 11.4 Å². The molecule has 2 heterocycles. The predicted octanol–water partition coefficient (Wildman–Crippen LogP) is 2.92. The number of sulfonamides is 1. The number of aryl methyl sites for hydroxylation is 2. The molecule has 0 amide bonds. The zero-order chi connectivity index (χ0) is 16.4. The van der Waals surface area contributed by atoms with E-state index >= 15 is 0 Å². The van der Waals surface area contributed by atoms with Crippen molar-refractivity contribution in [1.29, 1.82) is 0 Å². The molecule has 1 aromatic carbocycles. The van der Waals surface area contributed by atoms with Crippen LogP contribution >= 0.6 is 0 Å². The molecule has 0 atom stereocenters. The fourth-order valence-electron chi connectivity index (χ4n) is 2.85. The highest BCUT2D eigenvalue weighted by Crippen LogP contribution is 2.27. The number of aromatic nitrogens is 2. The molecule has 3 rings (SSSR count). The molecule has 0 aliphatic carbocycles. The smallest absolute Gasteiger partial charge is 0.243 e. The molecule has 6 nitrogen and oxygen atoms in total. The summed E-state index contributed by atoms with van der Waals surface area (Å²) in [5.41, 5.74) is 1.39. The first-order valence-corrected chi connectivity index (χ1v) is 9.34. The van der Waals surface area contributed by atoms with Crippen LogP contribution in [0.4, 0.5) is 0 Å². The lowest BCUT2D eigenvalue weighted by Gasteiger charge is -2.21. The van der Waals surface area contributed by atoms with Gasteiger partial charge in [-0.25, -0.2) is 8.42 Å². The van der Waals surface area contributed by atoms with Gasteiger partial charge in [-0.3, -0.25) is 0 Å². The summed E-state index contributed by atoms with van der Waals surface area (Å²) in [5, 5.41) is 3.87. The Morgan fingerprint density at radius 3 is 2.39 bits per heavy atom. The van der Waals surface area contributed by atoms with Crippen LogP contribution in [0.1, 0.15) is 37.1 Å². The van der Waals surface area contributed by atoms with Gasteiger partial charge in [-0.2, -0.15) is 9.29 Å². The standard InChI is InChI=1S/C16H21N3O3S/c1-12-7-8-14(16-17-13(2)22-18-16)11-15(12)23(20,21)19-9-5-3-4-6-10-19/h7-8,11H,3-6,9-10H2,1-2H3. The first-order chi connectivity index (χ1) is 11.0. The highest BCUT2D eigenvalue weighted by Gasteiger charge is 2.27. The van der Waals surface area contributed by atoms with Gasteiger partial charge in [0.05, 0.1) is 4.90 Å². The van der Waals surface area contributed by atoms with E-state index in [0.717, 1.165) is 31.2 Å². The fourth-order valence-corrected chi connectivity index (χ4v) is 4.62. The molecule has 124 valence electrons. The lowest BCUT2D eigenvalue weighted by molar-refractivity contribution is 0.394. The second kappa shape index (κ2) is 6.41. The molecule has 1 aromatic heterocycles. The van der Waals surface area contributed by atoms with E-state index in [2.05, 4.69) is 10.1 Å². The van der Waals surface area contributed by atoms with Crippen LogP contribution in [0, 0.1) is 13.8 Å². The molecule has 7 heteroatoms. The van der Waals surface area contributed by atoms with Crippen molar-refractivity contribution in [3.05, 3.63) is 29.7 Å². The normalized spacial score (nSPS) is 17.1. The zero-order valence-corrected chi connectivity index (χ0v) is 14.3. The van der Waals surface area contributed by atoms with E-state index in [4.69, 9.17) is 4.52 Å². The molecular formula is C16H21N3O3S. The molecule has 0 N–H and O–H groups in total. The highest BCUT2D eigenvalue weighted by molar-refractivity contribution is 7.89. The average molecular weight is 335 g/mol. The third kappa shape index (κ3) is 3.30. The van der Waals surface area contributed by atoms with E-state index in [1.807, 2.05) is 13.0 Å². The minimum Gasteiger partial charge on any atom is -0.339 e. The quantitative estimate of drug-likeness (QED) is 0.862. The van der Waals surface area contributed by atoms with Gasteiger partial charge in [0, 0.05) is 25.6 Å². The second-order valence-electron chi connectivity index (χ2n) is 5.94. The monoisotopic (exact) mass is 335 g/mol. The van der Waals surface area contributed by atoms with Gasteiger partial charge in [0.1, 0.15) is 0 Å². The Labute approximate surface area is 136 Å². The number of hydrogen-bond acceptors (Lipinski definition) is 5. The summed E-state index contributed by atoms with van der Waals surface area (Å²) in [6.07, 6.45) is 4.02. The number of rotatable bonds is 3. The lowest BCUT2D eigenvalue weighted by atomic mass is 10.1. The fraction of sp³-hybridized carbons (Fsp3) is 0.500. The summed E-state index contributed by atoms with van der Waals surface area (Å²) in [6, 6.07) is 5.27. The van der Waals surface area contributed by atoms with Crippen molar-refractivity contribution in [1.82, 2.24) is 14.4 Å². The summed E-state index contributed by atoms with van der Waals surface area (Å²) in [7, 11) is -3.49. The average Bonchev–Trinajstić information content (AvgIpc) is 2.78. The molecule has 0 bridgehead atoms. The van der Waals surface area contributed by atoms with Crippen LogP contribution in [-0.4, -0.2) is 36.0 Å². The Bertz CT molecular complexity index is 791. The first-order valence-electron chi connectivity index (χ1n) is 7.90. The number of benzene rings is 1. The molecule has 0 radical (unpaired) electrons. The van der Waals surface area contributed by atoms with Crippen molar-refractivity contribution < 1.29 is 12.9 Å². The molecule has 0 unspecified atom stereocenters. The van der Waals surface area contributed by atoms with Crippen molar-refractivity contribution >= 4 is 10.0 Å². The van der Waals surface area contributed by atoms with Crippen LogP contribution in [0.25, 0.3) is 11.4 Å². The van der Waals surface area contributed by atoms with Gasteiger partial charge >= 0.3 is 0 Å². The van der Waals surface area contributed by atoms with Gasteiger partial charge in [0.2, 0.25) is 21.7 Å². The summed E-state index contributed by atoms with van der Waals surface area (Å²) < 4.78 is 32.6. The van der Waals surface area contributed by atoms with Crippen LogP contribution in [0.3, 0.4) is 0 Å². The van der Waals surface area contributed by atoms with Gasteiger partial charge in [-0.1, -0.05) is 30.1 Å². The van der Waals surface area contributed by atoms with Crippen molar-refractivity contribution in [2.75, 3.05) is 13.1 Å². The van der Waals surface area contributed by atoms with Gasteiger partial charge in [-0.15, -0.1) is 0 Å². The summed E-state index contributed by atoms with van der Waals surface area (Å²) >= 11 is 0. The SMILES string of the molecule is Cc1nc(-c2ccc(C)c(S(=O)(=O)N3CCCCCC3)c2)no1. The van der Waals surface area contributed by atoms with E-state index in [9.17, 15) is 8.42 Å². The maximum absolute atomic E-state index is 13.0. The molecule has 1 aliphatic heterocycles. The third-order valence-electron chi connectivity index (χ3n) is 4.16. The second-order valence-corrected chi connectivity index (χ2v) is 7.84. The maximum atomic E-state index is 13.0. The zero-order valence-electron chi connectivity index (χ0n) is 13.4. The molecule has 23 heavy (non-hydrogen) atoms. The summed E-state index contributed by atoms with van der Waals surface area (Å²) in [5.74, 6) is 0.868. The highest BCUT2D eigenvalue weighted by atomic mass is 32.2. The van der Waals surface area contributed by atoms with Crippen LogP contribution < -0.4 is 0 Å². The Morgan fingerprint density at radius 2 is 1.78 bits per heavy atom. The largest absolute Gasteiger partial charge is 0.339 e. The third-order valence-corrected chi connectivity index (χ3v) is 6.20. The number of hydrogen-bond donors (Lipinski definition) is 0. The topological polar surface area (TPSA) is 76.3 Å². The van der Waals surface area contributed by atoms with E-state index in [-0.39, 0.29) is 0 Å². The van der Waals surface area contributed by atoms with Crippen LogP contribution in [0.2, 0.25) is 0 Å². The maximum Gasteiger partial charge on any atom is 0.243 e. The van der Waals surface area contributed by atoms with Crippen LogP contribution in [-0.2, 0) is 10.0 Å². The van der Waals surface area contributed by atoms with E-state index in [0.29, 0.717) is 35.3 Å². The molecule has 1 saturated heterocycles. The molecule has 1 fully saturated rings. The molecule has 1 aliphatic rings. The molecule has 2 aromatic rings. The van der Waals surface area contributed by atoms with Gasteiger partial charge in [-0.05, 0) is 31.4 Å². The van der Waals surface area contributed by atoms with Crippen LogP contribution in [0.15, 0.2) is 27.6 Å². The Morgan fingerprint density at radius 1 is 1.09 bits per heavy atom. The van der Waals surface area contributed by atoms with Gasteiger partial charge < -0.3 is 4.52 Å². The van der Waals surface area contributed by atoms with Gasteiger partial charge in [0.25, 0.3) is 0 Å². The van der Waals surface area contributed by atoms with Gasteiger partial charge in [0.15, 0.2) is 0 Å². The predicted molar refractivity (Wildman–Crippen MR) is 86.4 cm³/mol. The summed E-state index contributed by atoms with van der Waals surface area (Å²) in [4.78, 5) is 4.51. The van der Waals surface area contributed by atoms with Crippen molar-refractivity contribution in [2.45, 2.75) is 44.4 Å². The summed E-state index contributed by atoms with van der Waals surface area (Å²) in [6.45, 7) is 4.70. The molecule has 0 saturated carbocycles. The Balaban J connectivity index is 2.00. The van der Waals surface area contributed by atoms with E-state index in [1.165, 1.54) is 0 Å². The van der Waals surface area contributed by atoms with E-state index < -0.39 is 10.0 Å². The minimum absolute atomic E-state index is 0.333. The van der Waals surface area contributed by atoms with Crippen molar-refractivity contribution in [2.24, 2.45) is 0 Å². The minimum atomic E-state index is -3.49. The molecular weight excluding hydrogens is 314 g/mol. The first kappa shape index (κ1) is 16.1. The Kier molecular flexibility index (Phi) is 4.50. The van der Waals surface area contributed by atoms with Crippen molar-refractivity contribution in [3.63, 3.8) is 0 Å². The lowest BCUT2D eigenvalue weighted by Crippen LogP contribution is -2.32. The van der Waals surface area contributed by atoms with E-state index in [1.54, 1.807) is 23.4 Å². The molecule has 0 spiro atoms. The Hall–Kier alpha value is -1.73.